The molecular formula is C27H46O4S. The molecule has 0 aromatic carbocycles. The molecule has 0 aliphatic heterocycles. The van der Waals surface area contributed by atoms with E-state index in [2.05, 4.69) is 40.7 Å². The van der Waals surface area contributed by atoms with Crippen molar-refractivity contribution < 1.29 is 17.2 Å². The topological polar surface area (TPSA) is 63.6 Å². The summed E-state index contributed by atoms with van der Waals surface area (Å²) in [6.07, 6.45) is 15.1. The van der Waals surface area contributed by atoms with Crippen LogP contribution in [0.25, 0.3) is 0 Å². The Morgan fingerprint density at radius 2 is 1.81 bits per heavy atom. The van der Waals surface area contributed by atoms with Crippen molar-refractivity contribution in [2.45, 2.75) is 111 Å². The Balaban J connectivity index is 1.47. The first-order valence-corrected chi connectivity index (χ1v) is 14.7. The van der Waals surface area contributed by atoms with Crippen molar-refractivity contribution in [3.05, 3.63) is 11.6 Å². The lowest BCUT2D eigenvalue weighted by Gasteiger charge is -2.58. The highest BCUT2D eigenvalue weighted by molar-refractivity contribution is 7.80. The quantitative estimate of drug-likeness (QED) is 0.318. The Morgan fingerprint density at radius 3 is 2.50 bits per heavy atom. The molecule has 4 rings (SSSR count). The molecule has 5 heteroatoms. The van der Waals surface area contributed by atoms with Crippen LogP contribution in [0.2, 0.25) is 0 Å². The largest absolute Gasteiger partial charge is 0.397 e. The highest BCUT2D eigenvalue weighted by atomic mass is 32.3. The normalized spacial score (nSPS) is 42.7. The molecule has 0 aromatic rings. The van der Waals surface area contributed by atoms with Gasteiger partial charge in [-0.1, -0.05) is 65.5 Å². The fourth-order valence-corrected chi connectivity index (χ4v) is 9.41. The van der Waals surface area contributed by atoms with Crippen molar-refractivity contribution in [2.24, 2.45) is 46.3 Å². The van der Waals surface area contributed by atoms with Gasteiger partial charge in [0.05, 0.1) is 6.10 Å². The second-order valence-corrected chi connectivity index (χ2v) is 13.7. The van der Waals surface area contributed by atoms with Crippen LogP contribution in [0.3, 0.4) is 0 Å². The monoisotopic (exact) mass is 466 g/mol. The van der Waals surface area contributed by atoms with E-state index in [9.17, 15) is 8.42 Å². The van der Waals surface area contributed by atoms with Crippen LogP contribution in [-0.2, 0) is 14.6 Å². The zero-order valence-electron chi connectivity index (χ0n) is 21.0. The number of fused-ring (bicyclic) bond motifs is 5. The number of allylic oxidation sites excluding steroid dienone is 1. The smallest absolute Gasteiger partial charge is 0.264 e. The summed E-state index contributed by atoms with van der Waals surface area (Å²) >= 11 is 0. The maximum atomic E-state index is 11.2. The van der Waals surface area contributed by atoms with Gasteiger partial charge in [0.25, 0.3) is 0 Å². The Kier molecular flexibility index (Phi) is 6.95. The summed E-state index contributed by atoms with van der Waals surface area (Å²) in [5.74, 6) is 4.83. The van der Waals surface area contributed by atoms with E-state index in [1.54, 1.807) is 0 Å². The predicted molar refractivity (Wildman–Crippen MR) is 129 cm³/mol. The van der Waals surface area contributed by atoms with Crippen molar-refractivity contribution in [3.63, 3.8) is 0 Å². The van der Waals surface area contributed by atoms with Gasteiger partial charge < -0.3 is 0 Å². The Hall–Kier alpha value is -0.390. The summed E-state index contributed by atoms with van der Waals surface area (Å²) in [7, 11) is -4.38. The molecule has 184 valence electrons. The fraction of sp³-hybridized carbons (Fsp3) is 0.926. The maximum absolute atomic E-state index is 11.2. The first-order valence-electron chi connectivity index (χ1n) is 13.3. The second-order valence-electron chi connectivity index (χ2n) is 12.7. The van der Waals surface area contributed by atoms with Crippen LogP contribution < -0.4 is 0 Å². The van der Waals surface area contributed by atoms with E-state index in [0.717, 1.165) is 42.4 Å². The minimum absolute atomic E-state index is 0.171. The van der Waals surface area contributed by atoms with Gasteiger partial charge in [0.15, 0.2) is 0 Å². The van der Waals surface area contributed by atoms with Crippen LogP contribution in [0.1, 0.15) is 105 Å². The minimum Gasteiger partial charge on any atom is -0.264 e. The average Bonchev–Trinajstić information content (AvgIpc) is 3.04. The number of rotatable bonds is 7. The lowest BCUT2D eigenvalue weighted by molar-refractivity contribution is -0.0560. The molecular weight excluding hydrogens is 420 g/mol. The highest BCUT2D eigenvalue weighted by Crippen LogP contribution is 2.67. The SMILES string of the molecule is CC(C)CCC[C@@H](C)[C@H]1CC[C@@H]2[C@@H]3CC=C4C[C@H](OS(=O)(=O)O)CC[C@]4(C)[C@@H]3CC[C@@]21C. The van der Waals surface area contributed by atoms with E-state index in [0.29, 0.717) is 24.2 Å². The fourth-order valence-electron chi connectivity index (χ4n) is 8.91. The van der Waals surface area contributed by atoms with E-state index in [4.69, 9.17) is 8.74 Å². The van der Waals surface area contributed by atoms with Gasteiger partial charge in [0, 0.05) is 0 Å². The first kappa shape index (κ1) is 24.7. The third-order valence-corrected chi connectivity index (χ3v) is 11.0. The first-order chi connectivity index (χ1) is 14.9. The number of hydrogen-bond acceptors (Lipinski definition) is 3. The minimum atomic E-state index is -4.38. The van der Waals surface area contributed by atoms with Crippen LogP contribution >= 0.6 is 0 Å². The van der Waals surface area contributed by atoms with Gasteiger partial charge in [-0.05, 0) is 97.7 Å². The molecule has 4 aliphatic rings. The summed E-state index contributed by atoms with van der Waals surface area (Å²) in [5, 5.41) is 0. The van der Waals surface area contributed by atoms with Crippen LogP contribution in [0, 0.1) is 46.3 Å². The molecule has 0 unspecified atom stereocenters. The average molecular weight is 467 g/mol. The van der Waals surface area contributed by atoms with Gasteiger partial charge in [0.1, 0.15) is 0 Å². The Bertz CT molecular complexity index is 818. The number of hydrogen-bond donors (Lipinski definition) is 1. The summed E-state index contributed by atoms with van der Waals surface area (Å²) in [6, 6.07) is 0. The van der Waals surface area contributed by atoms with Crippen molar-refractivity contribution in [2.75, 3.05) is 0 Å². The second kappa shape index (κ2) is 9.00. The van der Waals surface area contributed by atoms with Crippen molar-refractivity contribution in [1.29, 1.82) is 0 Å². The van der Waals surface area contributed by atoms with Gasteiger partial charge in [-0.3, -0.25) is 4.55 Å². The van der Waals surface area contributed by atoms with Crippen LogP contribution in [0.5, 0.6) is 0 Å². The third-order valence-electron chi connectivity index (χ3n) is 10.5. The van der Waals surface area contributed by atoms with E-state index in [1.807, 2.05) is 0 Å². The lowest BCUT2D eigenvalue weighted by atomic mass is 9.47. The molecule has 0 radical (unpaired) electrons. The summed E-state index contributed by atoms with van der Waals surface area (Å²) < 4.78 is 36.6. The molecule has 0 heterocycles. The summed E-state index contributed by atoms with van der Waals surface area (Å²) in [4.78, 5) is 0. The Morgan fingerprint density at radius 1 is 1.06 bits per heavy atom. The van der Waals surface area contributed by atoms with E-state index < -0.39 is 16.5 Å². The van der Waals surface area contributed by atoms with Crippen molar-refractivity contribution in [1.82, 2.24) is 0 Å². The van der Waals surface area contributed by atoms with Gasteiger partial charge in [-0.2, -0.15) is 8.42 Å². The lowest BCUT2D eigenvalue weighted by Crippen LogP contribution is -2.51. The van der Waals surface area contributed by atoms with Crippen LogP contribution in [0.4, 0.5) is 0 Å². The van der Waals surface area contributed by atoms with Gasteiger partial charge >= 0.3 is 10.4 Å². The molecule has 0 spiro atoms. The summed E-state index contributed by atoms with van der Waals surface area (Å²) in [5.41, 5.74) is 2.05. The van der Waals surface area contributed by atoms with Gasteiger partial charge in [-0.15, -0.1) is 0 Å². The summed E-state index contributed by atoms with van der Waals surface area (Å²) in [6.45, 7) is 12.3. The molecule has 3 fully saturated rings. The zero-order valence-corrected chi connectivity index (χ0v) is 21.8. The predicted octanol–water partition coefficient (Wildman–Crippen LogP) is 7.22. The molecule has 0 aromatic heterocycles. The van der Waals surface area contributed by atoms with E-state index in [1.165, 1.54) is 50.5 Å². The Labute approximate surface area is 196 Å². The van der Waals surface area contributed by atoms with Gasteiger partial charge in [0.2, 0.25) is 0 Å². The molecule has 8 atom stereocenters. The highest BCUT2D eigenvalue weighted by Gasteiger charge is 2.59. The molecule has 0 saturated heterocycles. The van der Waals surface area contributed by atoms with Crippen LogP contribution in [0.15, 0.2) is 11.6 Å². The molecule has 1 N–H and O–H groups in total. The molecule has 4 nitrogen and oxygen atoms in total. The van der Waals surface area contributed by atoms with Crippen LogP contribution in [-0.4, -0.2) is 19.1 Å². The van der Waals surface area contributed by atoms with E-state index in [-0.39, 0.29) is 5.41 Å². The maximum Gasteiger partial charge on any atom is 0.397 e. The zero-order chi connectivity index (χ0) is 23.3. The van der Waals surface area contributed by atoms with Crippen molar-refractivity contribution in [3.8, 4) is 0 Å². The standard InChI is InChI=1S/C27H46O4S/c1-18(2)7-6-8-19(3)23-11-12-24-22-10-9-20-17-21(31-32(28,29)30)13-15-26(20,4)25(22)14-16-27(23,24)5/h9,18-19,21-25H,6-8,10-17H2,1-5H3,(H,28,29,30)/t19-,21-,22+,23-,24-,25-,26+,27-/m1/s1. The molecule has 4 aliphatic carbocycles. The molecule has 0 amide bonds. The van der Waals surface area contributed by atoms with Crippen molar-refractivity contribution >= 4 is 10.4 Å². The molecule has 32 heavy (non-hydrogen) atoms. The molecule has 3 saturated carbocycles. The van der Waals surface area contributed by atoms with Gasteiger partial charge in [-0.25, -0.2) is 4.18 Å². The third kappa shape index (κ3) is 4.60. The van der Waals surface area contributed by atoms with E-state index >= 15 is 0 Å². The molecule has 0 bridgehead atoms.